The lowest BCUT2D eigenvalue weighted by Gasteiger charge is -2.13. The van der Waals surface area contributed by atoms with Gasteiger partial charge in [-0.3, -0.25) is 4.79 Å². The summed E-state index contributed by atoms with van der Waals surface area (Å²) in [5.74, 6) is 0.202. The summed E-state index contributed by atoms with van der Waals surface area (Å²) < 4.78 is 10.2. The number of hydrogen-bond donors (Lipinski definition) is 0. The zero-order valence-corrected chi connectivity index (χ0v) is 8.91. The van der Waals surface area contributed by atoms with Gasteiger partial charge in [0.25, 0.3) is 0 Å². The van der Waals surface area contributed by atoms with Crippen LogP contribution in [-0.2, 0) is 14.3 Å². The van der Waals surface area contributed by atoms with Crippen LogP contribution in [0.3, 0.4) is 0 Å². The number of Topliss-reactive ketones (excluding diaryl/α,β-unsaturated/α-hetero) is 1. The first-order valence-electron chi connectivity index (χ1n) is 5.10. The molecule has 0 saturated heterocycles. The molecule has 0 aliphatic carbocycles. The molecule has 0 amide bonds. The third-order valence-corrected chi connectivity index (χ3v) is 2.47. The van der Waals surface area contributed by atoms with Gasteiger partial charge in [0.15, 0.2) is 5.78 Å². The summed E-state index contributed by atoms with van der Waals surface area (Å²) >= 11 is 0. The molecular formula is C11H18O3. The van der Waals surface area contributed by atoms with Gasteiger partial charge >= 0.3 is 0 Å². The average Bonchev–Trinajstić information content (AvgIpc) is 2.26. The van der Waals surface area contributed by atoms with E-state index in [9.17, 15) is 4.79 Å². The molecule has 0 saturated carbocycles. The van der Waals surface area contributed by atoms with Crippen LogP contribution in [-0.4, -0.2) is 25.6 Å². The Morgan fingerprint density at radius 1 is 1.71 bits per heavy atom. The van der Waals surface area contributed by atoms with Gasteiger partial charge in [-0.1, -0.05) is 0 Å². The van der Waals surface area contributed by atoms with Crippen molar-refractivity contribution in [2.45, 2.75) is 38.7 Å². The molecular weight excluding hydrogens is 180 g/mol. The molecule has 1 unspecified atom stereocenters. The van der Waals surface area contributed by atoms with Gasteiger partial charge in [-0.15, -0.1) is 0 Å². The van der Waals surface area contributed by atoms with Crippen LogP contribution in [0.25, 0.3) is 0 Å². The molecule has 0 spiro atoms. The number of hydrogen-bond acceptors (Lipinski definition) is 3. The van der Waals surface area contributed by atoms with Gasteiger partial charge in [0, 0.05) is 19.1 Å². The molecule has 0 bridgehead atoms. The molecule has 1 rings (SSSR count). The van der Waals surface area contributed by atoms with Crippen molar-refractivity contribution >= 4 is 5.78 Å². The molecule has 0 aromatic rings. The number of methoxy groups -OCH3 is 1. The Balaban J connectivity index is 2.30. The normalized spacial score (nSPS) is 18.3. The van der Waals surface area contributed by atoms with Crippen LogP contribution in [0.4, 0.5) is 0 Å². The maximum absolute atomic E-state index is 11.6. The highest BCUT2D eigenvalue weighted by molar-refractivity contribution is 5.95. The minimum atomic E-state index is 0.157. The summed E-state index contributed by atoms with van der Waals surface area (Å²) in [7, 11) is 1.66. The van der Waals surface area contributed by atoms with E-state index in [1.54, 1.807) is 13.4 Å². The fourth-order valence-corrected chi connectivity index (χ4v) is 1.38. The Hall–Kier alpha value is -0.830. The predicted octanol–water partition coefficient (Wildman–Crippen LogP) is 2.06. The monoisotopic (exact) mass is 198 g/mol. The molecule has 14 heavy (non-hydrogen) atoms. The number of ketones is 1. The van der Waals surface area contributed by atoms with E-state index in [-0.39, 0.29) is 11.9 Å². The van der Waals surface area contributed by atoms with Crippen LogP contribution in [0.15, 0.2) is 11.8 Å². The van der Waals surface area contributed by atoms with Gasteiger partial charge in [0.2, 0.25) is 0 Å². The summed E-state index contributed by atoms with van der Waals surface area (Å²) in [6.45, 7) is 2.71. The summed E-state index contributed by atoms with van der Waals surface area (Å²) in [6, 6.07) is 0. The molecule has 0 aromatic carbocycles. The Morgan fingerprint density at radius 2 is 2.50 bits per heavy atom. The van der Waals surface area contributed by atoms with Crippen LogP contribution in [0.5, 0.6) is 0 Å². The van der Waals surface area contributed by atoms with Crippen molar-refractivity contribution < 1.29 is 14.3 Å². The zero-order valence-electron chi connectivity index (χ0n) is 8.91. The number of rotatable bonds is 5. The molecule has 0 aromatic heterocycles. The van der Waals surface area contributed by atoms with Crippen molar-refractivity contribution in [3.05, 3.63) is 11.8 Å². The fourth-order valence-electron chi connectivity index (χ4n) is 1.38. The highest BCUT2D eigenvalue weighted by Crippen LogP contribution is 2.15. The van der Waals surface area contributed by atoms with Gasteiger partial charge < -0.3 is 9.47 Å². The Bertz CT molecular complexity index is 221. The van der Waals surface area contributed by atoms with E-state index < -0.39 is 0 Å². The summed E-state index contributed by atoms with van der Waals surface area (Å²) in [6.07, 6.45) is 4.93. The lowest BCUT2D eigenvalue weighted by atomic mass is 10.0. The standard InChI is InChI=1S/C11H18O3/c1-9(13-2)5-6-11(12)10-4-3-7-14-8-10/h8-9H,3-7H2,1-2H3. The second-order valence-corrected chi connectivity index (χ2v) is 3.63. The van der Waals surface area contributed by atoms with Crippen molar-refractivity contribution in [1.82, 2.24) is 0 Å². The fraction of sp³-hybridized carbons (Fsp3) is 0.727. The summed E-state index contributed by atoms with van der Waals surface area (Å²) in [5, 5.41) is 0. The predicted molar refractivity (Wildman–Crippen MR) is 54.0 cm³/mol. The molecule has 0 radical (unpaired) electrons. The lowest BCUT2D eigenvalue weighted by Crippen LogP contribution is -2.12. The highest BCUT2D eigenvalue weighted by Gasteiger charge is 2.14. The molecule has 0 fully saturated rings. The van der Waals surface area contributed by atoms with Crippen molar-refractivity contribution in [1.29, 1.82) is 0 Å². The first kappa shape index (κ1) is 11.2. The summed E-state index contributed by atoms with van der Waals surface area (Å²) in [5.41, 5.74) is 0.833. The second kappa shape index (κ2) is 5.81. The van der Waals surface area contributed by atoms with Gasteiger partial charge in [-0.05, 0) is 26.2 Å². The van der Waals surface area contributed by atoms with Gasteiger partial charge in [-0.2, -0.15) is 0 Å². The Kier molecular flexibility index (Phi) is 4.66. The lowest BCUT2D eigenvalue weighted by molar-refractivity contribution is -0.116. The second-order valence-electron chi connectivity index (χ2n) is 3.63. The van der Waals surface area contributed by atoms with E-state index in [0.717, 1.165) is 31.4 Å². The van der Waals surface area contributed by atoms with Crippen LogP contribution >= 0.6 is 0 Å². The van der Waals surface area contributed by atoms with E-state index in [1.807, 2.05) is 6.92 Å². The van der Waals surface area contributed by atoms with E-state index in [0.29, 0.717) is 6.42 Å². The minimum absolute atomic E-state index is 0.157. The SMILES string of the molecule is COC(C)CCC(=O)C1=COCCC1. The van der Waals surface area contributed by atoms with E-state index in [2.05, 4.69) is 0 Å². The van der Waals surface area contributed by atoms with Crippen LogP contribution in [0, 0.1) is 0 Å². The average molecular weight is 198 g/mol. The Labute approximate surface area is 85.1 Å². The van der Waals surface area contributed by atoms with Gasteiger partial charge in [-0.25, -0.2) is 0 Å². The van der Waals surface area contributed by atoms with Crippen LogP contribution < -0.4 is 0 Å². The van der Waals surface area contributed by atoms with E-state index >= 15 is 0 Å². The van der Waals surface area contributed by atoms with Crippen molar-refractivity contribution in [3.63, 3.8) is 0 Å². The maximum atomic E-state index is 11.6. The minimum Gasteiger partial charge on any atom is -0.501 e. The molecule has 1 aliphatic rings. The maximum Gasteiger partial charge on any atom is 0.162 e. The topological polar surface area (TPSA) is 35.5 Å². The zero-order chi connectivity index (χ0) is 10.4. The van der Waals surface area contributed by atoms with Crippen molar-refractivity contribution in [2.24, 2.45) is 0 Å². The number of ether oxygens (including phenoxy) is 2. The van der Waals surface area contributed by atoms with E-state index in [4.69, 9.17) is 9.47 Å². The molecule has 3 heteroatoms. The molecule has 0 N–H and O–H groups in total. The molecule has 3 nitrogen and oxygen atoms in total. The van der Waals surface area contributed by atoms with Crippen molar-refractivity contribution in [2.75, 3.05) is 13.7 Å². The third-order valence-electron chi connectivity index (χ3n) is 2.47. The number of allylic oxidation sites excluding steroid dienone is 1. The smallest absolute Gasteiger partial charge is 0.162 e. The largest absolute Gasteiger partial charge is 0.501 e. The quantitative estimate of drug-likeness (QED) is 0.678. The Morgan fingerprint density at radius 3 is 3.07 bits per heavy atom. The third kappa shape index (κ3) is 3.50. The molecule has 1 atom stereocenters. The van der Waals surface area contributed by atoms with Gasteiger partial charge in [0.1, 0.15) is 0 Å². The highest BCUT2D eigenvalue weighted by atomic mass is 16.5. The van der Waals surface area contributed by atoms with Crippen LogP contribution in [0.1, 0.15) is 32.6 Å². The molecule has 80 valence electrons. The first-order chi connectivity index (χ1) is 6.74. The molecule has 1 heterocycles. The first-order valence-corrected chi connectivity index (χ1v) is 5.10. The number of carbonyl (C=O) groups excluding carboxylic acids is 1. The number of carbonyl (C=O) groups is 1. The van der Waals surface area contributed by atoms with Gasteiger partial charge in [0.05, 0.1) is 19.0 Å². The summed E-state index contributed by atoms with van der Waals surface area (Å²) in [4.78, 5) is 11.6. The molecule has 1 aliphatic heterocycles. The van der Waals surface area contributed by atoms with Crippen LogP contribution in [0.2, 0.25) is 0 Å². The van der Waals surface area contributed by atoms with E-state index in [1.165, 1.54) is 0 Å². The van der Waals surface area contributed by atoms with Crippen molar-refractivity contribution in [3.8, 4) is 0 Å².